The lowest BCUT2D eigenvalue weighted by Gasteiger charge is -2.32. The molecule has 1 unspecified atom stereocenters. The minimum atomic E-state index is 0.105. The Hall–Kier alpha value is -2.13. The van der Waals surface area contributed by atoms with Crippen LogP contribution in [0.2, 0.25) is 0 Å². The van der Waals surface area contributed by atoms with Gasteiger partial charge < -0.3 is 9.64 Å². The second-order valence-corrected chi connectivity index (χ2v) is 5.68. The first kappa shape index (κ1) is 14.8. The maximum absolute atomic E-state index is 12.5. The summed E-state index contributed by atoms with van der Waals surface area (Å²) in [5.74, 6) is 0.105. The zero-order valence-corrected chi connectivity index (χ0v) is 12.7. The molecule has 1 aliphatic heterocycles. The van der Waals surface area contributed by atoms with Crippen molar-refractivity contribution in [2.24, 2.45) is 0 Å². The van der Waals surface area contributed by atoms with Crippen molar-refractivity contribution in [1.29, 1.82) is 0 Å². The molecule has 3 rings (SSSR count). The Labute approximate surface area is 131 Å². The van der Waals surface area contributed by atoms with Gasteiger partial charge in [0.1, 0.15) is 0 Å². The van der Waals surface area contributed by atoms with Gasteiger partial charge in [0.2, 0.25) is 0 Å². The van der Waals surface area contributed by atoms with E-state index in [9.17, 15) is 4.79 Å². The van der Waals surface area contributed by atoms with Crippen molar-refractivity contribution in [1.82, 2.24) is 4.90 Å². The third-order valence-corrected chi connectivity index (χ3v) is 4.01. The Bertz CT molecular complexity index is 597. The molecule has 0 aromatic heterocycles. The Morgan fingerprint density at radius 1 is 1.05 bits per heavy atom. The summed E-state index contributed by atoms with van der Waals surface area (Å²) in [5.41, 5.74) is 1.93. The fourth-order valence-corrected chi connectivity index (χ4v) is 2.81. The molecule has 0 radical (unpaired) electrons. The van der Waals surface area contributed by atoms with Crippen LogP contribution in [0.3, 0.4) is 0 Å². The van der Waals surface area contributed by atoms with Crippen molar-refractivity contribution < 1.29 is 9.53 Å². The second kappa shape index (κ2) is 7.23. The van der Waals surface area contributed by atoms with Gasteiger partial charge in [0.05, 0.1) is 12.7 Å². The highest BCUT2D eigenvalue weighted by Crippen LogP contribution is 2.17. The molecule has 0 saturated carbocycles. The summed E-state index contributed by atoms with van der Waals surface area (Å²) >= 11 is 0. The number of carbonyl (C=O) groups is 1. The van der Waals surface area contributed by atoms with Crippen molar-refractivity contribution in [3.63, 3.8) is 0 Å². The molecular weight excluding hydrogens is 274 g/mol. The largest absolute Gasteiger partial charge is 0.372 e. The van der Waals surface area contributed by atoms with Crippen molar-refractivity contribution >= 4 is 5.91 Å². The van der Waals surface area contributed by atoms with E-state index in [1.807, 2.05) is 53.4 Å². The van der Waals surface area contributed by atoms with E-state index in [4.69, 9.17) is 4.74 Å². The minimum Gasteiger partial charge on any atom is -0.372 e. The fourth-order valence-electron chi connectivity index (χ4n) is 2.81. The van der Waals surface area contributed by atoms with E-state index in [-0.39, 0.29) is 12.0 Å². The number of amides is 1. The van der Waals surface area contributed by atoms with Gasteiger partial charge in [-0.3, -0.25) is 4.79 Å². The number of hydrogen-bond acceptors (Lipinski definition) is 2. The average Bonchev–Trinajstić information content (AvgIpc) is 2.61. The molecule has 0 aliphatic carbocycles. The van der Waals surface area contributed by atoms with Crippen LogP contribution in [0.5, 0.6) is 0 Å². The van der Waals surface area contributed by atoms with E-state index >= 15 is 0 Å². The molecule has 1 amide bonds. The normalized spacial score (nSPS) is 18.2. The zero-order valence-electron chi connectivity index (χ0n) is 12.7. The van der Waals surface area contributed by atoms with Gasteiger partial charge in [-0.05, 0) is 30.5 Å². The Balaban J connectivity index is 1.56. The second-order valence-electron chi connectivity index (χ2n) is 5.68. The number of ether oxygens (including phenoxy) is 1. The highest BCUT2D eigenvalue weighted by atomic mass is 16.5. The summed E-state index contributed by atoms with van der Waals surface area (Å²) in [7, 11) is 0. The van der Waals surface area contributed by atoms with Crippen molar-refractivity contribution in [2.75, 3.05) is 13.1 Å². The van der Waals surface area contributed by atoms with Crippen molar-refractivity contribution in [2.45, 2.75) is 25.6 Å². The fraction of sp³-hybridized carbons (Fsp3) is 0.316. The molecule has 1 saturated heterocycles. The molecule has 3 nitrogen and oxygen atoms in total. The first-order valence-corrected chi connectivity index (χ1v) is 7.83. The van der Waals surface area contributed by atoms with Crippen molar-refractivity contribution in [3.05, 3.63) is 71.8 Å². The van der Waals surface area contributed by atoms with Gasteiger partial charge >= 0.3 is 0 Å². The predicted octanol–water partition coefficient (Wildman–Crippen LogP) is 3.51. The number of hydrogen-bond donors (Lipinski definition) is 0. The maximum Gasteiger partial charge on any atom is 0.253 e. The Morgan fingerprint density at radius 2 is 1.73 bits per heavy atom. The predicted molar refractivity (Wildman–Crippen MR) is 86.6 cm³/mol. The number of benzene rings is 2. The highest BCUT2D eigenvalue weighted by molar-refractivity contribution is 5.94. The van der Waals surface area contributed by atoms with Crippen LogP contribution in [-0.2, 0) is 11.3 Å². The van der Waals surface area contributed by atoms with Gasteiger partial charge in [-0.2, -0.15) is 0 Å². The van der Waals surface area contributed by atoms with Crippen LogP contribution >= 0.6 is 0 Å². The van der Waals surface area contributed by atoms with Crippen LogP contribution in [0.4, 0.5) is 0 Å². The summed E-state index contributed by atoms with van der Waals surface area (Å²) in [4.78, 5) is 14.4. The molecular formula is C19H21NO2. The molecule has 0 bridgehead atoms. The Morgan fingerprint density at radius 3 is 2.45 bits per heavy atom. The lowest BCUT2D eigenvalue weighted by atomic mass is 10.1. The van der Waals surface area contributed by atoms with Crippen LogP contribution < -0.4 is 0 Å². The smallest absolute Gasteiger partial charge is 0.253 e. The first-order valence-electron chi connectivity index (χ1n) is 7.83. The van der Waals surface area contributed by atoms with Crippen LogP contribution in [0.1, 0.15) is 28.8 Å². The Kier molecular flexibility index (Phi) is 4.86. The van der Waals surface area contributed by atoms with Gasteiger partial charge in [0, 0.05) is 18.7 Å². The average molecular weight is 295 g/mol. The molecule has 1 atom stereocenters. The summed E-state index contributed by atoms with van der Waals surface area (Å²) in [6, 6.07) is 19.7. The van der Waals surface area contributed by atoms with E-state index in [1.165, 1.54) is 5.56 Å². The molecule has 1 fully saturated rings. The van der Waals surface area contributed by atoms with E-state index in [2.05, 4.69) is 12.1 Å². The number of piperidine rings is 1. The molecule has 1 aliphatic rings. The highest BCUT2D eigenvalue weighted by Gasteiger charge is 2.24. The quantitative estimate of drug-likeness (QED) is 0.864. The summed E-state index contributed by atoms with van der Waals surface area (Å²) in [6.45, 7) is 2.11. The summed E-state index contributed by atoms with van der Waals surface area (Å²) in [5, 5.41) is 0. The van der Waals surface area contributed by atoms with Crippen LogP contribution in [0.25, 0.3) is 0 Å². The molecule has 114 valence electrons. The lowest BCUT2D eigenvalue weighted by molar-refractivity contribution is -0.00672. The SMILES string of the molecule is O=C(c1ccccc1)N1CCCC(OCc2ccccc2)C1. The molecule has 3 heteroatoms. The van der Waals surface area contributed by atoms with E-state index < -0.39 is 0 Å². The number of likely N-dealkylation sites (tertiary alicyclic amines) is 1. The lowest BCUT2D eigenvalue weighted by Crippen LogP contribution is -2.43. The van der Waals surface area contributed by atoms with Crippen LogP contribution in [-0.4, -0.2) is 30.0 Å². The minimum absolute atomic E-state index is 0.105. The third-order valence-electron chi connectivity index (χ3n) is 4.01. The molecule has 0 spiro atoms. The van der Waals surface area contributed by atoms with Gasteiger partial charge in [0.15, 0.2) is 0 Å². The van der Waals surface area contributed by atoms with Crippen LogP contribution in [0.15, 0.2) is 60.7 Å². The summed E-state index contributed by atoms with van der Waals surface area (Å²) in [6.07, 6.45) is 2.14. The van der Waals surface area contributed by atoms with Gasteiger partial charge in [0.25, 0.3) is 5.91 Å². The van der Waals surface area contributed by atoms with E-state index in [0.29, 0.717) is 13.2 Å². The number of rotatable bonds is 4. The topological polar surface area (TPSA) is 29.5 Å². The van der Waals surface area contributed by atoms with Gasteiger partial charge in [-0.25, -0.2) is 0 Å². The molecule has 22 heavy (non-hydrogen) atoms. The third kappa shape index (κ3) is 3.74. The number of carbonyl (C=O) groups excluding carboxylic acids is 1. The van der Waals surface area contributed by atoms with Gasteiger partial charge in [-0.15, -0.1) is 0 Å². The summed E-state index contributed by atoms with van der Waals surface area (Å²) < 4.78 is 5.99. The maximum atomic E-state index is 12.5. The molecule has 1 heterocycles. The molecule has 2 aromatic carbocycles. The van der Waals surface area contributed by atoms with Crippen molar-refractivity contribution in [3.8, 4) is 0 Å². The number of nitrogens with zero attached hydrogens (tertiary/aromatic N) is 1. The first-order chi connectivity index (χ1) is 10.8. The zero-order chi connectivity index (χ0) is 15.2. The van der Waals surface area contributed by atoms with Gasteiger partial charge in [-0.1, -0.05) is 48.5 Å². The van der Waals surface area contributed by atoms with E-state index in [1.54, 1.807) is 0 Å². The monoisotopic (exact) mass is 295 g/mol. The van der Waals surface area contributed by atoms with Crippen LogP contribution in [0, 0.1) is 0 Å². The molecule has 2 aromatic rings. The molecule has 0 N–H and O–H groups in total. The van der Waals surface area contributed by atoms with E-state index in [0.717, 1.165) is 24.9 Å². The standard InChI is InChI=1S/C19H21NO2/c21-19(17-10-5-2-6-11-17)20-13-7-12-18(14-20)22-15-16-8-3-1-4-9-16/h1-6,8-11,18H,7,12-15H2.